The van der Waals surface area contributed by atoms with Crippen LogP contribution in [-0.4, -0.2) is 7.11 Å². The number of halogens is 2. The molecule has 0 amide bonds. The van der Waals surface area contributed by atoms with Crippen molar-refractivity contribution in [2.75, 3.05) is 7.11 Å². The van der Waals surface area contributed by atoms with E-state index in [1.54, 1.807) is 7.11 Å². The van der Waals surface area contributed by atoms with Crippen LogP contribution in [0.1, 0.15) is 29.7 Å². The number of nitrogens with one attached hydrogen (secondary N) is 1. The number of hydrogen-bond acceptors (Lipinski definition) is 2. The van der Waals surface area contributed by atoms with E-state index in [-0.39, 0.29) is 6.04 Å². The molecule has 0 heterocycles. The highest BCUT2D eigenvalue weighted by molar-refractivity contribution is 5.37. The Hall–Kier alpha value is -1.94. The Morgan fingerprint density at radius 2 is 1.90 bits per heavy atom. The normalized spacial score (nSPS) is 12.2. The van der Waals surface area contributed by atoms with E-state index in [2.05, 4.69) is 5.32 Å². The van der Waals surface area contributed by atoms with Crippen LogP contribution in [0.25, 0.3) is 0 Å². The molecule has 0 radical (unpaired) electrons. The molecular formula is C17H19F2NO. The van der Waals surface area contributed by atoms with Crippen molar-refractivity contribution in [3.05, 3.63) is 64.7 Å². The molecule has 4 heteroatoms. The lowest BCUT2D eigenvalue weighted by atomic mass is 10.1. The number of hydrogen-bond donors (Lipinski definition) is 1. The summed E-state index contributed by atoms with van der Waals surface area (Å²) in [6.07, 6.45) is 0. The molecule has 112 valence electrons. The molecule has 2 rings (SSSR count). The first-order valence-electron chi connectivity index (χ1n) is 6.83. The topological polar surface area (TPSA) is 21.3 Å². The van der Waals surface area contributed by atoms with Crippen molar-refractivity contribution in [3.63, 3.8) is 0 Å². The van der Waals surface area contributed by atoms with Gasteiger partial charge in [-0.2, -0.15) is 0 Å². The summed E-state index contributed by atoms with van der Waals surface area (Å²) < 4.78 is 32.0. The van der Waals surface area contributed by atoms with E-state index >= 15 is 0 Å². The molecule has 2 aromatic carbocycles. The van der Waals surface area contributed by atoms with Crippen molar-refractivity contribution >= 4 is 0 Å². The largest absolute Gasteiger partial charge is 0.496 e. The second-order valence-electron chi connectivity index (χ2n) is 5.08. The lowest BCUT2D eigenvalue weighted by molar-refractivity contribution is 0.405. The molecule has 2 nitrogen and oxygen atoms in total. The van der Waals surface area contributed by atoms with Gasteiger partial charge in [0.05, 0.1) is 7.11 Å². The number of aryl methyl sites for hydroxylation is 1. The van der Waals surface area contributed by atoms with E-state index in [9.17, 15) is 8.78 Å². The highest BCUT2D eigenvalue weighted by atomic mass is 19.1. The standard InChI is InChI=1S/C17H19F2NO/c1-11-4-7-17(21-3)13(8-11)10-20-12(2)15-6-5-14(18)9-16(15)19/h4-9,12,20H,10H2,1-3H3. The van der Waals surface area contributed by atoms with Crippen LogP contribution in [0.3, 0.4) is 0 Å². The van der Waals surface area contributed by atoms with Crippen LogP contribution in [0.4, 0.5) is 8.78 Å². The summed E-state index contributed by atoms with van der Waals surface area (Å²) in [6.45, 7) is 4.40. The molecule has 0 spiro atoms. The summed E-state index contributed by atoms with van der Waals surface area (Å²) in [7, 11) is 1.62. The highest BCUT2D eigenvalue weighted by Gasteiger charge is 2.12. The maximum atomic E-state index is 13.7. The maximum Gasteiger partial charge on any atom is 0.130 e. The highest BCUT2D eigenvalue weighted by Crippen LogP contribution is 2.22. The second-order valence-corrected chi connectivity index (χ2v) is 5.08. The molecule has 1 unspecified atom stereocenters. The Morgan fingerprint density at radius 1 is 1.14 bits per heavy atom. The Morgan fingerprint density at radius 3 is 2.57 bits per heavy atom. The van der Waals surface area contributed by atoms with Crippen molar-refractivity contribution in [3.8, 4) is 5.75 Å². The third-order valence-corrected chi connectivity index (χ3v) is 3.46. The predicted octanol–water partition coefficient (Wildman–Crippen LogP) is 4.13. The van der Waals surface area contributed by atoms with Crippen LogP contribution in [-0.2, 0) is 6.54 Å². The monoisotopic (exact) mass is 291 g/mol. The first kappa shape index (κ1) is 15.4. The molecule has 0 aliphatic heterocycles. The van der Waals surface area contributed by atoms with Gasteiger partial charge >= 0.3 is 0 Å². The number of benzene rings is 2. The average Bonchev–Trinajstić information content (AvgIpc) is 2.45. The van der Waals surface area contributed by atoms with Gasteiger partial charge in [0.15, 0.2) is 0 Å². The van der Waals surface area contributed by atoms with Gasteiger partial charge in [-0.3, -0.25) is 0 Å². The van der Waals surface area contributed by atoms with Gasteiger partial charge in [-0.15, -0.1) is 0 Å². The minimum absolute atomic E-state index is 0.226. The van der Waals surface area contributed by atoms with E-state index < -0.39 is 11.6 Å². The van der Waals surface area contributed by atoms with Crippen molar-refractivity contribution in [2.24, 2.45) is 0 Å². The molecule has 0 saturated heterocycles. The molecule has 1 atom stereocenters. The van der Waals surface area contributed by atoms with Gasteiger partial charge in [-0.05, 0) is 26.0 Å². The minimum atomic E-state index is -0.566. The van der Waals surface area contributed by atoms with Crippen LogP contribution < -0.4 is 10.1 Å². The molecule has 1 N–H and O–H groups in total. The quantitative estimate of drug-likeness (QED) is 0.894. The van der Waals surface area contributed by atoms with Gasteiger partial charge in [-0.25, -0.2) is 8.78 Å². The summed E-state index contributed by atoms with van der Waals surface area (Å²) in [4.78, 5) is 0. The summed E-state index contributed by atoms with van der Waals surface area (Å²) in [5, 5.41) is 3.23. The van der Waals surface area contributed by atoms with Crippen molar-refractivity contribution in [1.82, 2.24) is 5.32 Å². The van der Waals surface area contributed by atoms with E-state index in [1.807, 2.05) is 32.0 Å². The third kappa shape index (κ3) is 3.79. The van der Waals surface area contributed by atoms with Crippen molar-refractivity contribution < 1.29 is 13.5 Å². The molecule has 0 aromatic heterocycles. The summed E-state index contributed by atoms with van der Waals surface area (Å²) in [5.74, 6) is -0.310. The van der Waals surface area contributed by atoms with Crippen molar-refractivity contribution in [2.45, 2.75) is 26.4 Å². The Labute approximate surface area is 123 Å². The molecule has 0 bridgehead atoms. The molecule has 2 aromatic rings. The first-order chi connectivity index (χ1) is 10.0. The number of rotatable bonds is 5. The van der Waals surface area contributed by atoms with Crippen molar-refractivity contribution in [1.29, 1.82) is 0 Å². The Balaban J connectivity index is 2.10. The fourth-order valence-corrected chi connectivity index (χ4v) is 2.27. The summed E-state index contributed by atoms with van der Waals surface area (Å²) in [5.41, 5.74) is 2.59. The molecule has 0 aliphatic carbocycles. The van der Waals surface area contributed by atoms with Crippen LogP contribution in [0, 0.1) is 18.6 Å². The Bertz CT molecular complexity index is 628. The van der Waals surface area contributed by atoms with Gasteiger partial charge < -0.3 is 10.1 Å². The summed E-state index contributed by atoms with van der Waals surface area (Å²) in [6, 6.07) is 9.33. The van der Waals surface area contributed by atoms with Crippen LogP contribution in [0.15, 0.2) is 36.4 Å². The zero-order valence-corrected chi connectivity index (χ0v) is 12.4. The fourth-order valence-electron chi connectivity index (χ4n) is 2.27. The molecule has 0 saturated carbocycles. The van der Waals surface area contributed by atoms with Crippen LogP contribution in [0.2, 0.25) is 0 Å². The average molecular weight is 291 g/mol. The second kappa shape index (κ2) is 6.68. The third-order valence-electron chi connectivity index (χ3n) is 3.46. The minimum Gasteiger partial charge on any atom is -0.496 e. The maximum absolute atomic E-state index is 13.7. The smallest absolute Gasteiger partial charge is 0.130 e. The molecule has 0 aliphatic rings. The lowest BCUT2D eigenvalue weighted by Gasteiger charge is -2.17. The van der Waals surface area contributed by atoms with Gasteiger partial charge in [0.2, 0.25) is 0 Å². The van der Waals surface area contributed by atoms with Gasteiger partial charge in [0, 0.05) is 29.8 Å². The fraction of sp³-hybridized carbons (Fsp3) is 0.294. The Kier molecular flexibility index (Phi) is 4.91. The lowest BCUT2D eigenvalue weighted by Crippen LogP contribution is -2.19. The predicted molar refractivity (Wildman–Crippen MR) is 79.3 cm³/mol. The molecular weight excluding hydrogens is 272 g/mol. The number of methoxy groups -OCH3 is 1. The van der Waals surface area contributed by atoms with Gasteiger partial charge in [0.1, 0.15) is 17.4 Å². The number of ether oxygens (including phenoxy) is 1. The first-order valence-corrected chi connectivity index (χ1v) is 6.83. The SMILES string of the molecule is COc1ccc(C)cc1CNC(C)c1ccc(F)cc1F. The van der Waals surface area contributed by atoms with E-state index in [1.165, 1.54) is 12.1 Å². The van der Waals surface area contributed by atoms with E-state index in [0.717, 1.165) is 22.9 Å². The van der Waals surface area contributed by atoms with Crippen LogP contribution >= 0.6 is 0 Å². The van der Waals surface area contributed by atoms with Gasteiger partial charge in [0.25, 0.3) is 0 Å². The summed E-state index contributed by atoms with van der Waals surface area (Å²) >= 11 is 0. The van der Waals surface area contributed by atoms with E-state index in [0.29, 0.717) is 12.1 Å². The van der Waals surface area contributed by atoms with Gasteiger partial charge in [-0.1, -0.05) is 23.8 Å². The zero-order valence-electron chi connectivity index (χ0n) is 12.4. The van der Waals surface area contributed by atoms with E-state index in [4.69, 9.17) is 4.74 Å². The zero-order chi connectivity index (χ0) is 15.4. The molecule has 0 fully saturated rings. The van der Waals surface area contributed by atoms with Crippen LogP contribution in [0.5, 0.6) is 5.75 Å². The molecule has 21 heavy (non-hydrogen) atoms.